The fourth-order valence-corrected chi connectivity index (χ4v) is 2.73. The van der Waals surface area contributed by atoms with Crippen LogP contribution in [0.3, 0.4) is 0 Å². The van der Waals surface area contributed by atoms with E-state index in [9.17, 15) is 4.79 Å². The minimum absolute atomic E-state index is 0.0407. The highest BCUT2D eigenvalue weighted by Gasteiger charge is 2.32. The Labute approximate surface area is 118 Å². The van der Waals surface area contributed by atoms with Gasteiger partial charge in [-0.1, -0.05) is 18.2 Å². The van der Waals surface area contributed by atoms with Crippen LogP contribution < -0.4 is 9.64 Å². The maximum Gasteiger partial charge on any atom is 0.168 e. The number of hydrogen-bond acceptors (Lipinski definition) is 4. The summed E-state index contributed by atoms with van der Waals surface area (Å²) < 4.78 is 5.41. The molecular weight excluding hydrogens is 252 g/mol. The summed E-state index contributed by atoms with van der Waals surface area (Å²) in [5.41, 5.74) is 1.71. The van der Waals surface area contributed by atoms with E-state index in [1.807, 2.05) is 37.4 Å². The molecule has 0 fully saturated rings. The Morgan fingerprint density at radius 2 is 2.05 bits per heavy atom. The molecule has 20 heavy (non-hydrogen) atoms. The van der Waals surface area contributed by atoms with Crippen molar-refractivity contribution >= 4 is 11.6 Å². The molecule has 1 aromatic heterocycles. The molecule has 0 saturated carbocycles. The monoisotopic (exact) mass is 268 g/mol. The minimum Gasteiger partial charge on any atom is -0.496 e. The number of para-hydroxylation sites is 1. The van der Waals surface area contributed by atoms with Crippen LogP contribution in [0.25, 0.3) is 0 Å². The van der Waals surface area contributed by atoms with Crippen LogP contribution >= 0.6 is 0 Å². The second kappa shape index (κ2) is 4.96. The van der Waals surface area contributed by atoms with Crippen molar-refractivity contribution < 1.29 is 9.53 Å². The number of carbonyl (C=O) groups is 1. The second-order valence-electron chi connectivity index (χ2n) is 4.87. The number of aromatic nitrogens is 1. The molecule has 0 bridgehead atoms. The van der Waals surface area contributed by atoms with Crippen molar-refractivity contribution in [3.8, 4) is 5.75 Å². The van der Waals surface area contributed by atoms with Gasteiger partial charge in [-0.2, -0.15) is 0 Å². The maximum atomic E-state index is 12.3. The average molecular weight is 268 g/mol. The van der Waals surface area contributed by atoms with Crippen LogP contribution in [0.5, 0.6) is 5.75 Å². The maximum absolute atomic E-state index is 12.3. The molecule has 2 aromatic rings. The number of pyridine rings is 1. The molecule has 4 heteroatoms. The molecule has 0 N–H and O–H groups in total. The van der Waals surface area contributed by atoms with Gasteiger partial charge in [0.1, 0.15) is 11.6 Å². The Hall–Kier alpha value is -2.36. The van der Waals surface area contributed by atoms with E-state index in [1.165, 1.54) is 0 Å². The highest BCUT2D eigenvalue weighted by Crippen LogP contribution is 2.38. The lowest BCUT2D eigenvalue weighted by atomic mass is 9.92. The van der Waals surface area contributed by atoms with Crippen LogP contribution in [0.4, 0.5) is 5.82 Å². The van der Waals surface area contributed by atoms with Crippen molar-refractivity contribution in [1.82, 2.24) is 4.98 Å². The molecule has 0 spiro atoms. The van der Waals surface area contributed by atoms with Crippen molar-refractivity contribution in [1.29, 1.82) is 0 Å². The first-order valence-corrected chi connectivity index (χ1v) is 6.56. The lowest BCUT2D eigenvalue weighted by molar-refractivity contribution is 0.0966. The van der Waals surface area contributed by atoms with Crippen LogP contribution in [0.15, 0.2) is 42.6 Å². The van der Waals surface area contributed by atoms with Gasteiger partial charge in [0, 0.05) is 25.2 Å². The number of rotatable bonds is 2. The summed E-state index contributed by atoms with van der Waals surface area (Å²) in [6.07, 6.45) is 2.16. The zero-order chi connectivity index (χ0) is 14.1. The quantitative estimate of drug-likeness (QED) is 0.840. The first kappa shape index (κ1) is 12.7. The number of carbonyl (C=O) groups excluding carboxylic acids is 1. The number of fused-ring (bicyclic) bond motifs is 1. The van der Waals surface area contributed by atoms with Gasteiger partial charge in [-0.05, 0) is 18.2 Å². The lowest BCUT2D eigenvalue weighted by Crippen LogP contribution is -2.33. The van der Waals surface area contributed by atoms with Gasteiger partial charge >= 0.3 is 0 Å². The molecule has 1 aliphatic heterocycles. The van der Waals surface area contributed by atoms with E-state index >= 15 is 0 Å². The Balaban J connectivity index is 2.07. The molecule has 1 unspecified atom stereocenters. The summed E-state index contributed by atoms with van der Waals surface area (Å²) in [6.45, 7) is 0. The summed E-state index contributed by atoms with van der Waals surface area (Å²) in [4.78, 5) is 18.7. The van der Waals surface area contributed by atoms with Gasteiger partial charge in [-0.3, -0.25) is 4.79 Å². The molecule has 0 radical (unpaired) electrons. The number of ether oxygens (including phenoxy) is 1. The zero-order valence-corrected chi connectivity index (χ0v) is 11.5. The summed E-state index contributed by atoms with van der Waals surface area (Å²) in [7, 11) is 3.62. The Kier molecular flexibility index (Phi) is 3.14. The summed E-state index contributed by atoms with van der Waals surface area (Å²) >= 11 is 0. The normalized spacial score (nSPS) is 17.8. The number of anilines is 1. The molecule has 0 saturated heterocycles. The number of Topliss-reactive ketones (excluding diaryl/α,β-unsaturated/α-hetero) is 1. The predicted octanol–water partition coefficient (Wildman–Crippen LogP) is 2.85. The topological polar surface area (TPSA) is 42.4 Å². The Morgan fingerprint density at radius 1 is 1.25 bits per heavy atom. The molecule has 4 nitrogen and oxygen atoms in total. The standard InChI is InChI=1S/C16H16N2O2/c1-18-13(11-6-3-4-8-15(11)20-2)10-14(19)12-7-5-9-17-16(12)18/h3-9,13H,10H2,1-2H3. The fraction of sp³-hybridized carbons (Fsp3) is 0.250. The largest absolute Gasteiger partial charge is 0.496 e. The molecule has 0 aliphatic carbocycles. The van der Waals surface area contributed by atoms with E-state index < -0.39 is 0 Å². The smallest absolute Gasteiger partial charge is 0.168 e. The highest BCUT2D eigenvalue weighted by atomic mass is 16.5. The van der Waals surface area contributed by atoms with Gasteiger partial charge in [0.15, 0.2) is 5.78 Å². The van der Waals surface area contributed by atoms with E-state index in [1.54, 1.807) is 19.4 Å². The zero-order valence-electron chi connectivity index (χ0n) is 11.5. The fourth-order valence-electron chi connectivity index (χ4n) is 2.73. The van der Waals surface area contributed by atoms with Crippen LogP contribution in [-0.4, -0.2) is 24.9 Å². The van der Waals surface area contributed by atoms with E-state index in [0.717, 1.165) is 17.1 Å². The van der Waals surface area contributed by atoms with Gasteiger partial charge in [0.25, 0.3) is 0 Å². The molecule has 102 valence electrons. The van der Waals surface area contributed by atoms with Crippen molar-refractivity contribution in [3.05, 3.63) is 53.7 Å². The molecule has 1 atom stereocenters. The number of nitrogens with zero attached hydrogens (tertiary/aromatic N) is 2. The van der Waals surface area contributed by atoms with E-state index in [4.69, 9.17) is 4.74 Å². The van der Waals surface area contributed by atoms with E-state index in [2.05, 4.69) is 9.88 Å². The van der Waals surface area contributed by atoms with Gasteiger partial charge in [0.05, 0.1) is 18.7 Å². The van der Waals surface area contributed by atoms with Crippen LogP contribution in [0.2, 0.25) is 0 Å². The summed E-state index contributed by atoms with van der Waals surface area (Å²) in [5.74, 6) is 1.67. The number of methoxy groups -OCH3 is 1. The van der Waals surface area contributed by atoms with E-state index in [-0.39, 0.29) is 11.8 Å². The third kappa shape index (κ3) is 1.93. The predicted molar refractivity (Wildman–Crippen MR) is 77.3 cm³/mol. The van der Waals surface area contributed by atoms with Crippen molar-refractivity contribution in [2.24, 2.45) is 0 Å². The Bertz CT molecular complexity index is 654. The molecule has 0 amide bonds. The lowest BCUT2D eigenvalue weighted by Gasteiger charge is -2.34. The Morgan fingerprint density at radius 3 is 2.85 bits per heavy atom. The van der Waals surface area contributed by atoms with Gasteiger partial charge < -0.3 is 9.64 Å². The number of hydrogen-bond donors (Lipinski definition) is 0. The highest BCUT2D eigenvalue weighted by molar-refractivity contribution is 6.02. The third-order valence-electron chi connectivity index (χ3n) is 3.77. The molecule has 3 rings (SSSR count). The summed E-state index contributed by atoms with van der Waals surface area (Å²) in [6, 6.07) is 11.4. The van der Waals surface area contributed by atoms with Crippen molar-refractivity contribution in [2.75, 3.05) is 19.1 Å². The van der Waals surface area contributed by atoms with Gasteiger partial charge in [-0.25, -0.2) is 4.98 Å². The summed E-state index contributed by atoms with van der Waals surface area (Å²) in [5, 5.41) is 0. The van der Waals surface area contributed by atoms with Crippen molar-refractivity contribution in [2.45, 2.75) is 12.5 Å². The van der Waals surface area contributed by atoms with E-state index in [0.29, 0.717) is 12.0 Å². The first-order valence-electron chi connectivity index (χ1n) is 6.56. The third-order valence-corrected chi connectivity index (χ3v) is 3.77. The van der Waals surface area contributed by atoms with Crippen LogP contribution in [0.1, 0.15) is 28.4 Å². The van der Waals surface area contributed by atoms with Crippen LogP contribution in [0, 0.1) is 0 Å². The van der Waals surface area contributed by atoms with Crippen molar-refractivity contribution in [3.63, 3.8) is 0 Å². The number of ketones is 1. The van der Waals surface area contributed by atoms with Crippen LogP contribution in [-0.2, 0) is 0 Å². The van der Waals surface area contributed by atoms with Gasteiger partial charge in [0.2, 0.25) is 0 Å². The molecular formula is C16H16N2O2. The second-order valence-corrected chi connectivity index (χ2v) is 4.87. The molecule has 1 aliphatic rings. The SMILES string of the molecule is COc1ccccc1C1CC(=O)c2cccnc2N1C. The molecule has 2 heterocycles. The average Bonchev–Trinajstić information content (AvgIpc) is 2.51. The number of benzene rings is 1. The first-order chi connectivity index (χ1) is 9.72. The molecule has 1 aromatic carbocycles. The van der Waals surface area contributed by atoms with Gasteiger partial charge in [-0.15, -0.1) is 0 Å². The minimum atomic E-state index is -0.0407.